The maximum absolute atomic E-state index is 10.8. The Balaban J connectivity index is 2.79. The fourth-order valence-corrected chi connectivity index (χ4v) is 0.955. The molecule has 0 amide bonds. The second-order valence-corrected chi connectivity index (χ2v) is 2.79. The fourth-order valence-electron chi connectivity index (χ4n) is 0.780. The van der Waals surface area contributed by atoms with Gasteiger partial charge in [-0.15, -0.1) is 0 Å². The number of hydrogen-bond acceptors (Lipinski definition) is 4. The van der Waals surface area contributed by atoms with Crippen molar-refractivity contribution >= 4 is 17.6 Å². The zero-order valence-electron chi connectivity index (χ0n) is 6.95. The summed E-state index contributed by atoms with van der Waals surface area (Å²) in [7, 11) is 1.30. The summed E-state index contributed by atoms with van der Waals surface area (Å²) in [5.41, 5.74) is 0.467. The van der Waals surface area contributed by atoms with Crippen molar-refractivity contribution in [2.24, 2.45) is 0 Å². The van der Waals surface area contributed by atoms with E-state index in [9.17, 15) is 4.79 Å². The molecule has 0 radical (unpaired) electrons. The van der Waals surface area contributed by atoms with Gasteiger partial charge < -0.3 is 9.84 Å². The smallest absolute Gasteiger partial charge is 0.311 e. The van der Waals surface area contributed by atoms with Crippen LogP contribution >= 0.6 is 11.6 Å². The van der Waals surface area contributed by atoms with Gasteiger partial charge in [-0.05, 0) is 6.07 Å². The summed E-state index contributed by atoms with van der Waals surface area (Å²) in [6, 6.07) is 1.42. The van der Waals surface area contributed by atoms with Crippen molar-refractivity contribution in [3.05, 3.63) is 23.0 Å². The van der Waals surface area contributed by atoms with Gasteiger partial charge in [0.15, 0.2) is 5.75 Å². The molecule has 13 heavy (non-hydrogen) atoms. The molecule has 0 aliphatic heterocycles. The maximum atomic E-state index is 10.8. The van der Waals surface area contributed by atoms with E-state index in [1.54, 1.807) is 0 Å². The third kappa shape index (κ3) is 2.59. The molecular weight excluding hydrogens is 194 g/mol. The van der Waals surface area contributed by atoms with Crippen LogP contribution in [0.1, 0.15) is 5.69 Å². The van der Waals surface area contributed by atoms with Crippen molar-refractivity contribution in [1.29, 1.82) is 0 Å². The number of halogens is 1. The highest BCUT2D eigenvalue weighted by atomic mass is 35.5. The van der Waals surface area contributed by atoms with E-state index in [2.05, 4.69) is 9.72 Å². The molecule has 1 aromatic rings. The van der Waals surface area contributed by atoms with Crippen molar-refractivity contribution in [2.75, 3.05) is 7.11 Å². The van der Waals surface area contributed by atoms with Crippen molar-refractivity contribution in [3.8, 4) is 5.75 Å². The number of methoxy groups -OCH3 is 1. The highest BCUT2D eigenvalue weighted by Crippen LogP contribution is 2.21. The molecule has 0 bridgehead atoms. The van der Waals surface area contributed by atoms with Gasteiger partial charge in [-0.1, -0.05) is 11.6 Å². The van der Waals surface area contributed by atoms with E-state index >= 15 is 0 Å². The van der Waals surface area contributed by atoms with Crippen LogP contribution in [0.5, 0.6) is 5.75 Å². The lowest BCUT2D eigenvalue weighted by atomic mass is 10.3. The molecule has 0 spiro atoms. The Morgan fingerprint density at radius 3 is 3.00 bits per heavy atom. The molecule has 0 saturated heterocycles. The van der Waals surface area contributed by atoms with E-state index in [0.29, 0.717) is 5.69 Å². The molecule has 1 N–H and O–H groups in total. The van der Waals surface area contributed by atoms with Crippen LogP contribution in [0.4, 0.5) is 0 Å². The lowest BCUT2D eigenvalue weighted by Crippen LogP contribution is -2.05. The number of ether oxygens (including phenoxy) is 1. The second-order valence-electron chi connectivity index (χ2n) is 2.38. The Kier molecular flexibility index (Phi) is 3.08. The van der Waals surface area contributed by atoms with Crippen molar-refractivity contribution in [2.45, 2.75) is 6.42 Å². The number of hydrogen-bond donors (Lipinski definition) is 1. The van der Waals surface area contributed by atoms with Crippen LogP contribution in [0, 0.1) is 0 Å². The molecule has 1 rings (SSSR count). The summed E-state index contributed by atoms with van der Waals surface area (Å²) >= 11 is 5.60. The van der Waals surface area contributed by atoms with Crippen LogP contribution in [0.25, 0.3) is 0 Å². The molecule has 0 atom stereocenters. The topological polar surface area (TPSA) is 59.4 Å². The molecule has 0 saturated carbocycles. The predicted molar refractivity (Wildman–Crippen MR) is 46.6 cm³/mol. The Morgan fingerprint density at radius 1 is 1.77 bits per heavy atom. The van der Waals surface area contributed by atoms with Gasteiger partial charge in [0, 0.05) is 0 Å². The number of nitrogens with zero attached hydrogens (tertiary/aromatic N) is 1. The monoisotopic (exact) mass is 201 g/mol. The summed E-state index contributed by atoms with van der Waals surface area (Å²) in [5, 5.41) is 9.20. The summed E-state index contributed by atoms with van der Waals surface area (Å²) in [5.74, 6) is -0.496. The Morgan fingerprint density at radius 2 is 2.46 bits per heavy atom. The first-order valence-corrected chi connectivity index (χ1v) is 3.91. The third-order valence-corrected chi connectivity index (χ3v) is 1.75. The number of rotatable bonds is 2. The molecule has 0 aliphatic rings. The van der Waals surface area contributed by atoms with Crippen LogP contribution in [0.3, 0.4) is 0 Å². The van der Waals surface area contributed by atoms with Gasteiger partial charge in [-0.3, -0.25) is 9.78 Å². The van der Waals surface area contributed by atoms with Gasteiger partial charge in [0.05, 0.1) is 30.4 Å². The maximum Gasteiger partial charge on any atom is 0.311 e. The standard InChI is InChI=1S/C8H8ClNO3/c1-13-8(12)3-5-2-6(9)7(11)4-10-5/h2,4,11H,3H2,1H3. The van der Waals surface area contributed by atoms with Gasteiger partial charge >= 0.3 is 5.97 Å². The van der Waals surface area contributed by atoms with Gasteiger partial charge in [-0.2, -0.15) is 0 Å². The largest absolute Gasteiger partial charge is 0.505 e. The Bertz CT molecular complexity index is 327. The van der Waals surface area contributed by atoms with E-state index < -0.39 is 5.97 Å². The Hall–Kier alpha value is -1.29. The minimum absolute atomic E-state index is 0.0521. The van der Waals surface area contributed by atoms with Crippen molar-refractivity contribution < 1.29 is 14.6 Å². The quantitative estimate of drug-likeness (QED) is 0.730. The van der Waals surface area contributed by atoms with Crippen molar-refractivity contribution in [3.63, 3.8) is 0 Å². The average molecular weight is 202 g/mol. The molecular formula is C8H8ClNO3. The molecule has 1 heterocycles. The number of carbonyl (C=O) groups excluding carboxylic acids is 1. The molecule has 0 unspecified atom stereocenters. The van der Waals surface area contributed by atoms with Crippen LogP contribution in [-0.4, -0.2) is 23.2 Å². The van der Waals surface area contributed by atoms with Gasteiger partial charge in [0.2, 0.25) is 0 Å². The van der Waals surface area contributed by atoms with Crippen LogP contribution < -0.4 is 0 Å². The zero-order chi connectivity index (χ0) is 9.84. The van der Waals surface area contributed by atoms with Gasteiger partial charge in [0.1, 0.15) is 0 Å². The SMILES string of the molecule is COC(=O)Cc1cc(Cl)c(O)cn1. The van der Waals surface area contributed by atoms with Crippen molar-refractivity contribution in [1.82, 2.24) is 4.98 Å². The number of pyridine rings is 1. The summed E-state index contributed by atoms with van der Waals surface area (Å²) in [6.45, 7) is 0. The van der Waals surface area contributed by atoms with E-state index in [1.807, 2.05) is 0 Å². The predicted octanol–water partition coefficient (Wildman–Crippen LogP) is 1.16. The summed E-state index contributed by atoms with van der Waals surface area (Å²) in [6.07, 6.45) is 1.25. The number of esters is 1. The molecule has 0 aromatic carbocycles. The molecule has 70 valence electrons. The normalized spacial score (nSPS) is 9.69. The number of aromatic hydroxyl groups is 1. The first-order valence-electron chi connectivity index (χ1n) is 3.53. The lowest BCUT2D eigenvalue weighted by Gasteiger charge is -2.00. The number of carbonyl (C=O) groups is 1. The van der Waals surface area contributed by atoms with Crippen LogP contribution in [0.15, 0.2) is 12.3 Å². The fraction of sp³-hybridized carbons (Fsp3) is 0.250. The molecule has 1 aromatic heterocycles. The summed E-state index contributed by atoms with van der Waals surface area (Å²) in [4.78, 5) is 14.6. The van der Waals surface area contributed by atoms with E-state index in [4.69, 9.17) is 16.7 Å². The minimum Gasteiger partial charge on any atom is -0.505 e. The first-order chi connectivity index (χ1) is 6.13. The highest BCUT2D eigenvalue weighted by Gasteiger charge is 2.06. The van der Waals surface area contributed by atoms with E-state index in [0.717, 1.165) is 0 Å². The van der Waals surface area contributed by atoms with E-state index in [1.165, 1.54) is 19.4 Å². The van der Waals surface area contributed by atoms with Gasteiger partial charge in [0.25, 0.3) is 0 Å². The third-order valence-electron chi connectivity index (χ3n) is 1.44. The summed E-state index contributed by atoms with van der Waals surface area (Å²) < 4.78 is 4.44. The van der Waals surface area contributed by atoms with E-state index in [-0.39, 0.29) is 17.2 Å². The lowest BCUT2D eigenvalue weighted by molar-refractivity contribution is -0.139. The highest BCUT2D eigenvalue weighted by molar-refractivity contribution is 6.32. The number of aromatic nitrogens is 1. The van der Waals surface area contributed by atoms with Crippen LogP contribution in [0.2, 0.25) is 5.02 Å². The van der Waals surface area contributed by atoms with Gasteiger partial charge in [-0.25, -0.2) is 0 Å². The minimum atomic E-state index is -0.394. The molecule has 5 heteroatoms. The second kappa shape index (κ2) is 4.09. The van der Waals surface area contributed by atoms with Crippen LogP contribution in [-0.2, 0) is 16.0 Å². The average Bonchev–Trinajstić information content (AvgIpc) is 2.11. The first kappa shape index (κ1) is 9.80. The Labute approximate surface area is 80.1 Å². The molecule has 0 fully saturated rings. The zero-order valence-corrected chi connectivity index (χ0v) is 7.71. The molecule has 0 aliphatic carbocycles. The molecule has 4 nitrogen and oxygen atoms in total.